The number of halogens is 1. The van der Waals surface area contributed by atoms with Gasteiger partial charge in [-0.15, -0.1) is 0 Å². The van der Waals surface area contributed by atoms with Crippen LogP contribution in [-0.4, -0.2) is 30.6 Å². The number of carbonyl (C=O) groups excluding carboxylic acids is 1. The van der Waals surface area contributed by atoms with Crippen LogP contribution in [0, 0.1) is 12.7 Å². The van der Waals surface area contributed by atoms with E-state index in [-0.39, 0.29) is 17.3 Å². The topological polar surface area (TPSA) is 35.6 Å². The number of hydrogen-bond donors (Lipinski definition) is 1. The summed E-state index contributed by atoms with van der Waals surface area (Å²) in [5, 5.41) is 5.55. The van der Waals surface area contributed by atoms with Crippen LogP contribution in [0.15, 0.2) is 84.9 Å². The number of rotatable bonds is 3. The van der Waals surface area contributed by atoms with E-state index in [4.69, 9.17) is 0 Å². The molecular formula is C31H30FN3O. The lowest BCUT2D eigenvalue weighted by molar-refractivity contribution is 0.160. The largest absolute Gasteiger partial charge is 0.326 e. The van der Waals surface area contributed by atoms with Crippen LogP contribution in [0.4, 0.5) is 20.6 Å². The van der Waals surface area contributed by atoms with Gasteiger partial charge in [0.25, 0.3) is 0 Å². The molecule has 2 amide bonds. The fraction of sp³-hybridized carbons (Fsp3) is 0.258. The highest BCUT2D eigenvalue weighted by Gasteiger charge is 2.46. The van der Waals surface area contributed by atoms with Crippen LogP contribution < -0.4 is 10.2 Å². The normalized spacial score (nSPS) is 16.9. The van der Waals surface area contributed by atoms with Crippen molar-refractivity contribution in [3.05, 3.63) is 107 Å². The minimum Gasteiger partial charge on any atom is -0.308 e. The number of nitrogens with one attached hydrogen (secondary N) is 1. The summed E-state index contributed by atoms with van der Waals surface area (Å²) in [6, 6.07) is 27.6. The zero-order valence-electron chi connectivity index (χ0n) is 20.5. The Morgan fingerprint density at radius 3 is 2.44 bits per heavy atom. The number of nitrogens with zero attached hydrogens (tertiary/aromatic N) is 2. The molecule has 2 aliphatic heterocycles. The van der Waals surface area contributed by atoms with E-state index in [1.54, 1.807) is 17.0 Å². The highest BCUT2D eigenvalue weighted by atomic mass is 19.1. The van der Waals surface area contributed by atoms with Gasteiger partial charge in [-0.05, 0) is 91.2 Å². The van der Waals surface area contributed by atoms with Gasteiger partial charge < -0.3 is 5.32 Å². The molecule has 182 valence electrons. The van der Waals surface area contributed by atoms with Crippen LogP contribution in [0.3, 0.4) is 0 Å². The lowest BCUT2D eigenvalue weighted by Crippen LogP contribution is -2.46. The molecule has 0 atom stereocenters. The van der Waals surface area contributed by atoms with Crippen molar-refractivity contribution >= 4 is 28.2 Å². The number of fused-ring (bicyclic) bond motifs is 3. The Morgan fingerprint density at radius 2 is 1.67 bits per heavy atom. The maximum absolute atomic E-state index is 14.4. The summed E-state index contributed by atoms with van der Waals surface area (Å²) in [6.07, 6.45) is 1.79. The number of amides is 2. The van der Waals surface area contributed by atoms with Crippen molar-refractivity contribution in [2.24, 2.45) is 0 Å². The Balaban J connectivity index is 1.19. The van der Waals surface area contributed by atoms with Crippen LogP contribution in [0.5, 0.6) is 0 Å². The molecule has 5 heteroatoms. The number of anilines is 2. The quantitative estimate of drug-likeness (QED) is 0.348. The zero-order valence-corrected chi connectivity index (χ0v) is 20.5. The van der Waals surface area contributed by atoms with Crippen LogP contribution >= 0.6 is 0 Å². The number of hydrogen-bond acceptors (Lipinski definition) is 2. The summed E-state index contributed by atoms with van der Waals surface area (Å²) in [4.78, 5) is 17.6. The van der Waals surface area contributed by atoms with E-state index in [0.717, 1.165) is 55.0 Å². The standard InChI is InChI=1S/C31H30FN3O/c1-22-6-11-27(12-7-22)33-30(36)35-21-31(28-19-26(32)10-13-29(28)35)14-16-34(17-15-31)20-23-8-9-24-4-2-3-5-25(24)18-23/h2-13,18-19H,14-17,20-21H2,1H3,(H,33,36). The van der Waals surface area contributed by atoms with Crippen molar-refractivity contribution in [3.8, 4) is 0 Å². The molecule has 4 nitrogen and oxygen atoms in total. The Morgan fingerprint density at radius 1 is 0.917 bits per heavy atom. The van der Waals surface area contributed by atoms with Gasteiger partial charge in [0, 0.05) is 29.9 Å². The van der Waals surface area contributed by atoms with Gasteiger partial charge in [0.2, 0.25) is 0 Å². The van der Waals surface area contributed by atoms with Gasteiger partial charge in [-0.3, -0.25) is 9.80 Å². The van der Waals surface area contributed by atoms with E-state index >= 15 is 0 Å². The molecule has 0 aromatic heterocycles. The first-order chi connectivity index (χ1) is 17.5. The first-order valence-electron chi connectivity index (χ1n) is 12.6. The SMILES string of the molecule is Cc1ccc(NC(=O)N2CC3(CCN(Cc4ccc5ccccc5c4)CC3)c3cc(F)ccc32)cc1. The average molecular weight is 480 g/mol. The first kappa shape index (κ1) is 22.7. The molecule has 4 aromatic carbocycles. The number of piperidine rings is 1. The first-order valence-corrected chi connectivity index (χ1v) is 12.6. The average Bonchev–Trinajstić information content (AvgIpc) is 3.20. The van der Waals surface area contributed by atoms with Gasteiger partial charge in [-0.25, -0.2) is 9.18 Å². The van der Waals surface area contributed by atoms with Crippen LogP contribution in [0.2, 0.25) is 0 Å². The number of benzene rings is 4. The summed E-state index contributed by atoms with van der Waals surface area (Å²) in [7, 11) is 0. The molecule has 1 fully saturated rings. The second-order valence-electron chi connectivity index (χ2n) is 10.3. The van der Waals surface area contributed by atoms with Crippen molar-refractivity contribution in [2.75, 3.05) is 29.9 Å². The summed E-state index contributed by atoms with van der Waals surface area (Å²) in [5.74, 6) is -0.243. The van der Waals surface area contributed by atoms with Crippen molar-refractivity contribution in [1.29, 1.82) is 0 Å². The van der Waals surface area contributed by atoms with E-state index in [1.807, 2.05) is 31.2 Å². The molecule has 0 radical (unpaired) electrons. The lowest BCUT2D eigenvalue weighted by atomic mass is 9.74. The number of carbonyl (C=O) groups is 1. The third-order valence-corrected chi connectivity index (χ3v) is 7.86. The minimum absolute atomic E-state index is 0.165. The van der Waals surface area contributed by atoms with Crippen molar-refractivity contribution in [2.45, 2.75) is 31.7 Å². The highest BCUT2D eigenvalue weighted by Crippen LogP contribution is 2.47. The van der Waals surface area contributed by atoms with Crippen molar-refractivity contribution < 1.29 is 9.18 Å². The number of urea groups is 1. The smallest absolute Gasteiger partial charge is 0.308 e. The van der Waals surface area contributed by atoms with E-state index in [1.165, 1.54) is 22.4 Å². The Hall–Kier alpha value is -3.70. The van der Waals surface area contributed by atoms with Gasteiger partial charge in [-0.2, -0.15) is 0 Å². The molecule has 1 saturated heterocycles. The molecule has 1 spiro atoms. The molecule has 2 heterocycles. The predicted octanol–water partition coefficient (Wildman–Crippen LogP) is 6.87. The van der Waals surface area contributed by atoms with E-state index in [2.05, 4.69) is 52.7 Å². The van der Waals surface area contributed by atoms with Gasteiger partial charge in [0.05, 0.1) is 0 Å². The fourth-order valence-electron chi connectivity index (χ4n) is 5.81. The molecule has 36 heavy (non-hydrogen) atoms. The molecule has 0 unspecified atom stereocenters. The van der Waals surface area contributed by atoms with Crippen molar-refractivity contribution in [1.82, 2.24) is 4.90 Å². The van der Waals surface area contributed by atoms with E-state index < -0.39 is 0 Å². The maximum Gasteiger partial charge on any atom is 0.326 e. The third kappa shape index (κ3) is 4.24. The fourth-order valence-corrected chi connectivity index (χ4v) is 5.81. The molecule has 1 N–H and O–H groups in total. The van der Waals surface area contributed by atoms with Gasteiger partial charge in [-0.1, -0.05) is 54.1 Å². The molecule has 0 aliphatic carbocycles. The third-order valence-electron chi connectivity index (χ3n) is 7.86. The van der Waals surface area contributed by atoms with Gasteiger partial charge >= 0.3 is 6.03 Å². The number of aryl methyl sites for hydroxylation is 1. The Labute approximate surface area is 211 Å². The van der Waals surface area contributed by atoms with Gasteiger partial charge in [0.1, 0.15) is 5.82 Å². The maximum atomic E-state index is 14.4. The second kappa shape index (κ2) is 9.07. The molecule has 0 bridgehead atoms. The van der Waals surface area contributed by atoms with Gasteiger partial charge in [0.15, 0.2) is 0 Å². The lowest BCUT2D eigenvalue weighted by Gasteiger charge is -2.40. The second-order valence-corrected chi connectivity index (χ2v) is 10.3. The van der Waals surface area contributed by atoms with E-state index in [9.17, 15) is 9.18 Å². The van der Waals surface area contributed by atoms with E-state index in [0.29, 0.717) is 6.54 Å². The monoisotopic (exact) mass is 479 g/mol. The number of likely N-dealkylation sites (tertiary alicyclic amines) is 1. The summed E-state index contributed by atoms with van der Waals surface area (Å²) < 4.78 is 14.4. The van der Waals surface area contributed by atoms with Crippen LogP contribution in [0.1, 0.15) is 29.5 Å². The summed E-state index contributed by atoms with van der Waals surface area (Å²) >= 11 is 0. The molecule has 0 saturated carbocycles. The predicted molar refractivity (Wildman–Crippen MR) is 144 cm³/mol. The van der Waals surface area contributed by atoms with Crippen LogP contribution in [-0.2, 0) is 12.0 Å². The zero-order chi connectivity index (χ0) is 24.7. The summed E-state index contributed by atoms with van der Waals surface area (Å²) in [5.41, 5.74) is 4.78. The molecule has 4 aromatic rings. The molecule has 6 rings (SSSR count). The Bertz CT molecular complexity index is 1420. The minimum atomic E-state index is -0.243. The highest BCUT2D eigenvalue weighted by molar-refractivity contribution is 6.03. The summed E-state index contributed by atoms with van der Waals surface area (Å²) in [6.45, 7) is 5.32. The Kier molecular flexibility index (Phi) is 5.73. The molecule has 2 aliphatic rings. The molecular weight excluding hydrogens is 449 g/mol. The van der Waals surface area contributed by atoms with Crippen LogP contribution in [0.25, 0.3) is 10.8 Å². The van der Waals surface area contributed by atoms with Crippen molar-refractivity contribution in [3.63, 3.8) is 0 Å².